The van der Waals surface area contributed by atoms with Crippen LogP contribution in [0, 0.1) is 0 Å². The molecule has 0 saturated heterocycles. The minimum atomic E-state index is -3.68. The number of nitrogens with two attached hydrogens (primary N) is 1. The minimum absolute atomic E-state index is 0.0927. The second kappa shape index (κ2) is 6.53. The molecule has 0 bridgehead atoms. The number of sulfonamides is 1. The monoisotopic (exact) mass is 289 g/mol. The number of thiocarbonyl (C=S) groups is 1. The molecule has 0 spiro atoms. The van der Waals surface area contributed by atoms with Crippen LogP contribution < -0.4 is 20.7 Å². The molecule has 18 heavy (non-hydrogen) atoms. The summed E-state index contributed by atoms with van der Waals surface area (Å²) in [4.78, 5) is 2.15. The van der Waals surface area contributed by atoms with Gasteiger partial charge < -0.3 is 10.5 Å². The van der Waals surface area contributed by atoms with Gasteiger partial charge in [0.1, 0.15) is 5.75 Å². The van der Waals surface area contributed by atoms with Gasteiger partial charge in [-0.2, -0.15) is 0 Å². The Hall–Kier alpha value is -1.38. The molecule has 0 unspecified atom stereocenters. The van der Waals surface area contributed by atoms with Gasteiger partial charge in [-0.1, -0.05) is 6.92 Å². The van der Waals surface area contributed by atoms with E-state index in [1.165, 1.54) is 12.1 Å². The van der Waals surface area contributed by atoms with Gasteiger partial charge in [-0.15, -0.1) is 4.83 Å². The molecule has 1 rings (SSSR count). The fourth-order valence-corrected chi connectivity index (χ4v) is 2.08. The largest absolute Gasteiger partial charge is 0.494 e. The number of benzene rings is 1. The molecule has 8 heteroatoms. The van der Waals surface area contributed by atoms with Gasteiger partial charge in [-0.05, 0) is 42.9 Å². The highest BCUT2D eigenvalue weighted by molar-refractivity contribution is 7.89. The molecule has 0 aliphatic heterocycles. The van der Waals surface area contributed by atoms with Crippen molar-refractivity contribution in [1.82, 2.24) is 10.3 Å². The summed E-state index contributed by atoms with van der Waals surface area (Å²) in [6, 6.07) is 6.05. The van der Waals surface area contributed by atoms with Crippen LogP contribution in [0.5, 0.6) is 5.75 Å². The van der Waals surface area contributed by atoms with E-state index in [9.17, 15) is 8.42 Å². The summed E-state index contributed by atoms with van der Waals surface area (Å²) < 4.78 is 28.8. The topological polar surface area (TPSA) is 93.5 Å². The van der Waals surface area contributed by atoms with Crippen molar-refractivity contribution < 1.29 is 13.2 Å². The van der Waals surface area contributed by atoms with Crippen LogP contribution in [0.1, 0.15) is 13.3 Å². The molecule has 0 radical (unpaired) electrons. The minimum Gasteiger partial charge on any atom is -0.494 e. The van der Waals surface area contributed by atoms with Crippen molar-refractivity contribution in [1.29, 1.82) is 0 Å². The quantitative estimate of drug-likeness (QED) is 0.522. The predicted molar refractivity (Wildman–Crippen MR) is 72.5 cm³/mol. The lowest BCUT2D eigenvalue weighted by molar-refractivity contribution is 0.317. The number of hydrogen-bond acceptors (Lipinski definition) is 4. The highest BCUT2D eigenvalue weighted by Crippen LogP contribution is 2.15. The maximum absolute atomic E-state index is 11.7. The Bertz CT molecular complexity index is 500. The van der Waals surface area contributed by atoms with Crippen molar-refractivity contribution in [3.8, 4) is 5.75 Å². The first-order chi connectivity index (χ1) is 8.45. The van der Waals surface area contributed by atoms with Gasteiger partial charge in [-0.25, -0.2) is 8.42 Å². The van der Waals surface area contributed by atoms with Crippen molar-refractivity contribution in [2.75, 3.05) is 6.61 Å². The van der Waals surface area contributed by atoms with E-state index < -0.39 is 10.0 Å². The Kier molecular flexibility index (Phi) is 5.32. The Labute approximate surface area is 112 Å². The Morgan fingerprint density at radius 1 is 1.39 bits per heavy atom. The van der Waals surface area contributed by atoms with Crippen molar-refractivity contribution in [2.45, 2.75) is 18.2 Å². The van der Waals surface area contributed by atoms with Crippen LogP contribution in [0.2, 0.25) is 0 Å². The highest BCUT2D eigenvalue weighted by Gasteiger charge is 2.13. The second-order valence-electron chi connectivity index (χ2n) is 3.41. The third kappa shape index (κ3) is 4.47. The summed E-state index contributed by atoms with van der Waals surface area (Å²) in [5, 5.41) is -0.151. The van der Waals surface area contributed by atoms with Crippen LogP contribution in [0.15, 0.2) is 29.2 Å². The molecular formula is C10H15N3O3S2. The van der Waals surface area contributed by atoms with E-state index in [2.05, 4.69) is 22.5 Å². The molecule has 0 fully saturated rings. The van der Waals surface area contributed by atoms with Gasteiger partial charge in [0.2, 0.25) is 0 Å². The molecule has 0 aliphatic carbocycles. The average Bonchev–Trinajstić information content (AvgIpc) is 2.34. The van der Waals surface area contributed by atoms with Gasteiger partial charge in [0.15, 0.2) is 5.11 Å². The molecule has 1 aromatic rings. The zero-order chi connectivity index (χ0) is 13.6. The molecular weight excluding hydrogens is 274 g/mol. The SMILES string of the molecule is CCCOc1ccc(S(=O)(=O)NNC(N)=S)cc1. The fourth-order valence-electron chi connectivity index (χ4n) is 1.11. The zero-order valence-corrected chi connectivity index (χ0v) is 11.5. The van der Waals surface area contributed by atoms with Gasteiger partial charge in [-0.3, -0.25) is 5.43 Å². The molecule has 6 nitrogen and oxygen atoms in total. The van der Waals surface area contributed by atoms with E-state index in [0.717, 1.165) is 6.42 Å². The van der Waals surface area contributed by atoms with E-state index in [1.54, 1.807) is 12.1 Å². The lowest BCUT2D eigenvalue weighted by atomic mass is 10.3. The van der Waals surface area contributed by atoms with Crippen molar-refractivity contribution in [2.24, 2.45) is 5.73 Å². The predicted octanol–water partition coefficient (Wildman–Crippen LogP) is 0.502. The zero-order valence-electron chi connectivity index (χ0n) is 9.84. The highest BCUT2D eigenvalue weighted by atomic mass is 32.2. The van der Waals surface area contributed by atoms with Crippen LogP contribution in [0.25, 0.3) is 0 Å². The number of ether oxygens (including phenoxy) is 1. The van der Waals surface area contributed by atoms with Crippen LogP contribution in [0.3, 0.4) is 0 Å². The fraction of sp³-hybridized carbons (Fsp3) is 0.300. The summed E-state index contributed by atoms with van der Waals surface area (Å²) in [6.45, 7) is 2.58. The maximum atomic E-state index is 11.7. The van der Waals surface area contributed by atoms with Crippen molar-refractivity contribution in [3.05, 3.63) is 24.3 Å². The molecule has 0 saturated carbocycles. The van der Waals surface area contributed by atoms with Crippen molar-refractivity contribution >= 4 is 27.4 Å². The lowest BCUT2D eigenvalue weighted by Crippen LogP contribution is -2.44. The Balaban J connectivity index is 2.74. The molecule has 0 atom stereocenters. The van der Waals surface area contributed by atoms with Gasteiger partial charge >= 0.3 is 0 Å². The molecule has 0 amide bonds. The van der Waals surface area contributed by atoms with Gasteiger partial charge in [0, 0.05) is 0 Å². The summed E-state index contributed by atoms with van der Waals surface area (Å²) >= 11 is 4.50. The van der Waals surface area contributed by atoms with Crippen molar-refractivity contribution in [3.63, 3.8) is 0 Å². The lowest BCUT2D eigenvalue weighted by Gasteiger charge is -2.09. The number of hydrogen-bond donors (Lipinski definition) is 3. The van der Waals surface area contributed by atoms with E-state index in [4.69, 9.17) is 10.5 Å². The summed E-state index contributed by atoms with van der Waals surface area (Å²) in [7, 11) is -3.68. The first kappa shape index (κ1) is 14.7. The summed E-state index contributed by atoms with van der Waals surface area (Å²) in [5.41, 5.74) is 7.30. The normalized spacial score (nSPS) is 10.9. The second-order valence-corrected chi connectivity index (χ2v) is 5.54. The van der Waals surface area contributed by atoms with E-state index in [-0.39, 0.29) is 10.0 Å². The van der Waals surface area contributed by atoms with Gasteiger partial charge in [0.25, 0.3) is 10.0 Å². The maximum Gasteiger partial charge on any atom is 0.257 e. The smallest absolute Gasteiger partial charge is 0.257 e. The van der Waals surface area contributed by atoms with Gasteiger partial charge in [0.05, 0.1) is 11.5 Å². The third-order valence-electron chi connectivity index (χ3n) is 1.92. The first-order valence-corrected chi connectivity index (χ1v) is 7.15. The van der Waals surface area contributed by atoms with Crippen LogP contribution in [0.4, 0.5) is 0 Å². The summed E-state index contributed by atoms with van der Waals surface area (Å²) in [6.07, 6.45) is 0.888. The Morgan fingerprint density at radius 3 is 2.50 bits per heavy atom. The average molecular weight is 289 g/mol. The van der Waals surface area contributed by atoms with Crippen LogP contribution >= 0.6 is 12.2 Å². The number of nitrogens with one attached hydrogen (secondary N) is 2. The molecule has 0 aliphatic rings. The number of hydrazine groups is 1. The molecule has 100 valence electrons. The third-order valence-corrected chi connectivity index (χ3v) is 3.28. The van der Waals surface area contributed by atoms with E-state index in [1.807, 2.05) is 6.92 Å². The Morgan fingerprint density at radius 2 is 2.00 bits per heavy atom. The molecule has 4 N–H and O–H groups in total. The molecule has 0 aromatic heterocycles. The standard InChI is InChI=1S/C10H15N3O3S2/c1-2-7-16-8-3-5-9(6-4-8)18(14,15)13-12-10(11)17/h3-6,13H,2,7H2,1H3,(H3,11,12,17). The molecule has 1 aromatic carbocycles. The van der Waals surface area contributed by atoms with Crippen LogP contribution in [-0.2, 0) is 10.0 Å². The van der Waals surface area contributed by atoms with E-state index >= 15 is 0 Å². The van der Waals surface area contributed by atoms with Crippen LogP contribution in [-0.4, -0.2) is 20.1 Å². The first-order valence-electron chi connectivity index (χ1n) is 5.26. The number of rotatable bonds is 6. The molecule has 0 heterocycles. The summed E-state index contributed by atoms with van der Waals surface area (Å²) in [5.74, 6) is 0.623. The van der Waals surface area contributed by atoms with E-state index in [0.29, 0.717) is 12.4 Å².